The molecule has 0 aliphatic heterocycles. The number of carbonyl (C=O) groups is 1. The first-order valence-corrected chi connectivity index (χ1v) is 6.89. The molecule has 0 aromatic carbocycles. The third-order valence-electron chi connectivity index (χ3n) is 3.18. The second-order valence-corrected chi connectivity index (χ2v) is 5.11. The van der Waals surface area contributed by atoms with Gasteiger partial charge in [-0.15, -0.1) is 0 Å². The van der Waals surface area contributed by atoms with E-state index in [-0.39, 0.29) is 17.3 Å². The highest BCUT2D eigenvalue weighted by atomic mass is 19.4. The average Bonchev–Trinajstić information content (AvgIpc) is 3.15. The van der Waals surface area contributed by atoms with Crippen LogP contribution in [0.1, 0.15) is 21.6 Å². The van der Waals surface area contributed by atoms with Gasteiger partial charge in [0.2, 0.25) is 5.95 Å². The van der Waals surface area contributed by atoms with Crippen LogP contribution < -0.4 is 5.32 Å². The molecule has 0 radical (unpaired) electrons. The number of amides is 1. The lowest BCUT2D eigenvalue weighted by molar-refractivity contribution is -0.141. The lowest BCUT2D eigenvalue weighted by Gasteiger charge is -2.12. The fraction of sp³-hybridized carbons (Fsp3) is 0.231. The molecule has 0 saturated carbocycles. The number of hydrogen-bond donors (Lipinski definition) is 1. The highest BCUT2D eigenvalue weighted by Gasteiger charge is 2.34. The van der Waals surface area contributed by atoms with Crippen LogP contribution in [-0.4, -0.2) is 40.9 Å². The van der Waals surface area contributed by atoms with E-state index in [4.69, 9.17) is 0 Å². The number of rotatable bonds is 3. The lowest BCUT2D eigenvalue weighted by Crippen LogP contribution is -2.20. The number of aryl methyl sites for hydroxylation is 2. The molecule has 0 bridgehead atoms. The zero-order valence-electron chi connectivity index (χ0n) is 13.0. The number of nitrogens with zero attached hydrogens (tertiary/aromatic N) is 7. The van der Waals surface area contributed by atoms with Gasteiger partial charge in [0.15, 0.2) is 5.82 Å². The third-order valence-corrected chi connectivity index (χ3v) is 3.18. The predicted molar refractivity (Wildman–Crippen MR) is 77.8 cm³/mol. The predicted octanol–water partition coefficient (Wildman–Crippen LogP) is 1.37. The molecule has 0 fully saturated rings. The summed E-state index contributed by atoms with van der Waals surface area (Å²) < 4.78 is 41.2. The number of nitrogens with one attached hydrogen (secondary N) is 1. The lowest BCUT2D eigenvalue weighted by atomic mass is 10.2. The maximum Gasteiger partial charge on any atom is 0.433 e. The third kappa shape index (κ3) is 3.32. The van der Waals surface area contributed by atoms with Gasteiger partial charge in [-0.2, -0.15) is 18.3 Å². The molecule has 3 heterocycles. The van der Waals surface area contributed by atoms with Crippen LogP contribution in [0.4, 0.5) is 19.1 Å². The number of halogens is 3. The van der Waals surface area contributed by atoms with E-state index in [1.807, 2.05) is 0 Å². The van der Waals surface area contributed by atoms with Gasteiger partial charge in [0.1, 0.15) is 5.69 Å². The minimum Gasteiger partial charge on any atom is -0.289 e. The van der Waals surface area contributed by atoms with Crippen molar-refractivity contribution in [1.82, 2.24) is 35.0 Å². The Kier molecular flexibility index (Phi) is 3.94. The van der Waals surface area contributed by atoms with Gasteiger partial charge >= 0.3 is 6.18 Å². The Morgan fingerprint density at radius 3 is 2.60 bits per heavy atom. The normalized spacial score (nSPS) is 11.6. The van der Waals surface area contributed by atoms with Crippen LogP contribution in [0.25, 0.3) is 5.82 Å². The number of pyridine rings is 1. The van der Waals surface area contributed by atoms with Crippen molar-refractivity contribution in [1.29, 1.82) is 0 Å². The maximum atomic E-state index is 13.0. The molecule has 0 aliphatic carbocycles. The molecule has 9 nitrogen and oxygen atoms in total. The highest BCUT2D eigenvalue weighted by Crippen LogP contribution is 2.29. The first-order chi connectivity index (χ1) is 11.8. The quantitative estimate of drug-likeness (QED) is 0.764. The van der Waals surface area contributed by atoms with Gasteiger partial charge in [-0.1, -0.05) is 5.10 Å². The van der Waals surface area contributed by atoms with E-state index in [1.165, 1.54) is 24.1 Å². The molecule has 0 atom stereocenters. The van der Waals surface area contributed by atoms with E-state index in [1.54, 1.807) is 6.92 Å². The second kappa shape index (κ2) is 5.96. The first kappa shape index (κ1) is 16.5. The summed E-state index contributed by atoms with van der Waals surface area (Å²) in [6.45, 7) is 1.71. The molecule has 0 unspecified atom stereocenters. The molecular formula is C13H11F3N8O. The zero-order valence-corrected chi connectivity index (χ0v) is 13.0. The average molecular weight is 352 g/mol. The first-order valence-electron chi connectivity index (χ1n) is 6.89. The molecular weight excluding hydrogens is 341 g/mol. The summed E-state index contributed by atoms with van der Waals surface area (Å²) in [6, 6.07) is 1.75. The summed E-state index contributed by atoms with van der Waals surface area (Å²) in [5.74, 6) is -0.940. The minimum absolute atomic E-state index is 0.0347. The Morgan fingerprint density at radius 1 is 1.28 bits per heavy atom. The topological polar surface area (TPSA) is 103 Å². The molecule has 3 aromatic rings. The van der Waals surface area contributed by atoms with Crippen LogP contribution in [0.2, 0.25) is 0 Å². The molecule has 25 heavy (non-hydrogen) atoms. The number of tetrazole rings is 1. The molecule has 12 heteroatoms. The number of carbonyl (C=O) groups excluding carboxylic acids is 1. The summed E-state index contributed by atoms with van der Waals surface area (Å²) in [5, 5.41) is 16.8. The standard InChI is InChI=1S/C13H11F3N8O/c1-7-5-17-24(6-7)10-8(3-4-9(18-10)13(14,15)16)11(25)19-12-20-21-22-23(12)2/h3-6H,1-2H3,(H,19,20,22,25). The van der Waals surface area contributed by atoms with Crippen LogP contribution in [0, 0.1) is 6.92 Å². The second-order valence-electron chi connectivity index (χ2n) is 5.11. The number of hydrogen-bond acceptors (Lipinski definition) is 6. The van der Waals surface area contributed by atoms with E-state index in [9.17, 15) is 18.0 Å². The fourth-order valence-corrected chi connectivity index (χ4v) is 1.99. The Bertz CT molecular complexity index is 929. The molecule has 0 spiro atoms. The minimum atomic E-state index is -4.65. The number of alkyl halides is 3. The molecule has 1 amide bonds. The van der Waals surface area contributed by atoms with Gasteiger partial charge in [-0.25, -0.2) is 14.3 Å². The summed E-state index contributed by atoms with van der Waals surface area (Å²) in [7, 11) is 1.50. The van der Waals surface area contributed by atoms with Crippen molar-refractivity contribution in [2.45, 2.75) is 13.1 Å². The van der Waals surface area contributed by atoms with Crippen LogP contribution in [-0.2, 0) is 13.2 Å². The Labute approximate surface area is 138 Å². The zero-order chi connectivity index (χ0) is 18.2. The van der Waals surface area contributed by atoms with Crippen molar-refractivity contribution in [2.24, 2.45) is 7.05 Å². The van der Waals surface area contributed by atoms with Gasteiger partial charge < -0.3 is 0 Å². The van der Waals surface area contributed by atoms with E-state index >= 15 is 0 Å². The van der Waals surface area contributed by atoms with E-state index in [0.717, 1.165) is 16.8 Å². The van der Waals surface area contributed by atoms with Crippen LogP contribution in [0.15, 0.2) is 24.5 Å². The SMILES string of the molecule is Cc1cnn(-c2nc(C(F)(F)F)ccc2C(=O)Nc2nnnn2C)c1. The van der Waals surface area contributed by atoms with Gasteiger partial charge in [-0.3, -0.25) is 10.1 Å². The van der Waals surface area contributed by atoms with Crippen molar-refractivity contribution in [3.63, 3.8) is 0 Å². The summed E-state index contributed by atoms with van der Waals surface area (Å²) in [4.78, 5) is 16.0. The molecule has 0 saturated heterocycles. The van der Waals surface area contributed by atoms with Crippen LogP contribution in [0.3, 0.4) is 0 Å². The smallest absolute Gasteiger partial charge is 0.289 e. The fourth-order valence-electron chi connectivity index (χ4n) is 1.99. The van der Waals surface area contributed by atoms with Crippen molar-refractivity contribution in [3.05, 3.63) is 41.3 Å². The molecule has 130 valence electrons. The largest absolute Gasteiger partial charge is 0.433 e. The van der Waals surface area contributed by atoms with Crippen molar-refractivity contribution in [3.8, 4) is 5.82 Å². The van der Waals surface area contributed by atoms with Crippen LogP contribution >= 0.6 is 0 Å². The number of anilines is 1. The van der Waals surface area contributed by atoms with Gasteiger partial charge in [0, 0.05) is 13.2 Å². The van der Waals surface area contributed by atoms with Crippen molar-refractivity contribution >= 4 is 11.9 Å². The molecule has 3 rings (SSSR count). The van der Waals surface area contributed by atoms with E-state index in [2.05, 4.69) is 30.9 Å². The Balaban J connectivity index is 2.06. The number of aromatic nitrogens is 7. The van der Waals surface area contributed by atoms with Crippen molar-refractivity contribution in [2.75, 3.05) is 5.32 Å². The summed E-state index contributed by atoms with van der Waals surface area (Å²) in [6.07, 6.45) is -1.75. The monoisotopic (exact) mass is 352 g/mol. The van der Waals surface area contributed by atoms with Gasteiger partial charge in [0.05, 0.1) is 11.8 Å². The molecule has 1 N–H and O–H groups in total. The summed E-state index contributed by atoms with van der Waals surface area (Å²) in [5.41, 5.74) is -0.547. The van der Waals surface area contributed by atoms with Gasteiger partial charge in [0.25, 0.3) is 5.91 Å². The molecule has 0 aliphatic rings. The summed E-state index contributed by atoms with van der Waals surface area (Å²) >= 11 is 0. The Hall–Kier alpha value is -3.31. The van der Waals surface area contributed by atoms with E-state index in [0.29, 0.717) is 5.56 Å². The van der Waals surface area contributed by atoms with E-state index < -0.39 is 17.8 Å². The maximum absolute atomic E-state index is 13.0. The van der Waals surface area contributed by atoms with Crippen LogP contribution in [0.5, 0.6) is 0 Å². The Morgan fingerprint density at radius 2 is 2.04 bits per heavy atom. The van der Waals surface area contributed by atoms with Crippen molar-refractivity contribution < 1.29 is 18.0 Å². The highest BCUT2D eigenvalue weighted by molar-refractivity contribution is 6.05. The molecule has 3 aromatic heterocycles. The van der Waals surface area contributed by atoms with Gasteiger partial charge in [-0.05, 0) is 35.0 Å².